The van der Waals surface area contributed by atoms with E-state index in [-0.39, 0.29) is 12.1 Å². The van der Waals surface area contributed by atoms with Crippen molar-refractivity contribution in [2.24, 2.45) is 15.7 Å². The summed E-state index contributed by atoms with van der Waals surface area (Å²) in [7, 11) is 0. The second-order valence-electron chi connectivity index (χ2n) is 6.97. The minimum Gasteiger partial charge on any atom is -0.477 e. The number of nitrogens with two attached hydrogens (primary N) is 1. The van der Waals surface area contributed by atoms with Gasteiger partial charge < -0.3 is 20.5 Å². The summed E-state index contributed by atoms with van der Waals surface area (Å²) in [6, 6.07) is 2.06. The lowest BCUT2D eigenvalue weighted by Gasteiger charge is -2.38. The molecule has 1 atom stereocenters. The van der Waals surface area contributed by atoms with Crippen LogP contribution >= 0.6 is 0 Å². The third kappa shape index (κ3) is 3.29. The molecule has 2 aromatic rings. The third-order valence-electron chi connectivity index (χ3n) is 4.99. The molecule has 0 unspecified atom stereocenters. The van der Waals surface area contributed by atoms with E-state index in [9.17, 15) is 13.2 Å². The van der Waals surface area contributed by atoms with Crippen molar-refractivity contribution in [2.45, 2.75) is 31.9 Å². The molecule has 0 radical (unpaired) electrons. The average Bonchev–Trinajstić information content (AvgIpc) is 2.71. The SMILES string of the molecule is CCOc1cnc(C2=NCc3cc(F)c([C@@]4(C)N=C(N)OCC4(F)F)cc3N2)cn1. The third-order valence-corrected chi connectivity index (χ3v) is 4.99. The fraction of sp³-hybridized carbons (Fsp3) is 0.368. The van der Waals surface area contributed by atoms with Crippen molar-refractivity contribution in [3.63, 3.8) is 0 Å². The van der Waals surface area contributed by atoms with Gasteiger partial charge in [0.25, 0.3) is 6.02 Å². The number of rotatable bonds is 4. The molecule has 2 aliphatic rings. The first kappa shape index (κ1) is 19.9. The van der Waals surface area contributed by atoms with Gasteiger partial charge in [-0.1, -0.05) is 0 Å². The topological polar surface area (TPSA) is 107 Å². The van der Waals surface area contributed by atoms with E-state index in [1.54, 1.807) is 0 Å². The number of amidine groups is 2. The normalized spacial score (nSPS) is 22.2. The van der Waals surface area contributed by atoms with Gasteiger partial charge in [0.1, 0.15) is 11.5 Å². The predicted molar refractivity (Wildman–Crippen MR) is 103 cm³/mol. The maximum atomic E-state index is 14.8. The number of nitrogens with one attached hydrogen (secondary N) is 1. The Kier molecular flexibility index (Phi) is 4.75. The Morgan fingerprint density at radius 3 is 2.77 bits per heavy atom. The van der Waals surface area contributed by atoms with Crippen molar-refractivity contribution in [2.75, 3.05) is 18.5 Å². The highest BCUT2D eigenvalue weighted by Gasteiger charge is 2.56. The molecule has 158 valence electrons. The van der Waals surface area contributed by atoms with Crippen LogP contribution in [-0.4, -0.2) is 41.0 Å². The molecule has 1 aromatic heterocycles. The van der Waals surface area contributed by atoms with Gasteiger partial charge in [-0.25, -0.2) is 19.4 Å². The largest absolute Gasteiger partial charge is 0.477 e. The van der Waals surface area contributed by atoms with Crippen LogP contribution in [0.5, 0.6) is 5.88 Å². The molecular formula is C19H19F3N6O2. The summed E-state index contributed by atoms with van der Waals surface area (Å²) < 4.78 is 54.0. The zero-order chi connectivity index (χ0) is 21.5. The lowest BCUT2D eigenvalue weighted by molar-refractivity contribution is -0.117. The van der Waals surface area contributed by atoms with Crippen molar-refractivity contribution >= 4 is 17.5 Å². The van der Waals surface area contributed by atoms with E-state index in [4.69, 9.17) is 10.5 Å². The second kappa shape index (κ2) is 7.15. The molecule has 0 bridgehead atoms. The zero-order valence-corrected chi connectivity index (χ0v) is 16.2. The summed E-state index contributed by atoms with van der Waals surface area (Å²) in [5.41, 5.74) is 4.34. The summed E-state index contributed by atoms with van der Waals surface area (Å²) in [5.74, 6) is -3.54. The standard InChI is InChI=1S/C19H19F3N6O2/c1-3-29-15-8-24-14(7-25-15)16-26-6-10-4-12(20)11(5-13(10)27-16)18(2)19(21,22)9-30-17(23)28-18/h4-5,7-8H,3,6,9H2,1-2H3,(H2,23,28)(H,26,27)/t18-/m1/s1. The molecular weight excluding hydrogens is 401 g/mol. The number of aromatic nitrogens is 2. The molecule has 0 spiro atoms. The summed E-state index contributed by atoms with van der Waals surface area (Å²) in [5, 5.41) is 3.01. The van der Waals surface area contributed by atoms with Gasteiger partial charge in [0.15, 0.2) is 18.0 Å². The van der Waals surface area contributed by atoms with Crippen molar-refractivity contribution in [3.8, 4) is 5.88 Å². The van der Waals surface area contributed by atoms with Crippen LogP contribution in [0.3, 0.4) is 0 Å². The Morgan fingerprint density at radius 2 is 2.07 bits per heavy atom. The van der Waals surface area contributed by atoms with Crippen LogP contribution in [0.2, 0.25) is 0 Å². The van der Waals surface area contributed by atoms with Gasteiger partial charge in [-0.3, -0.25) is 4.99 Å². The van der Waals surface area contributed by atoms with E-state index >= 15 is 0 Å². The van der Waals surface area contributed by atoms with Gasteiger partial charge in [-0.2, -0.15) is 8.78 Å². The molecule has 1 aromatic carbocycles. The summed E-state index contributed by atoms with van der Waals surface area (Å²) in [6.07, 6.45) is 2.93. The highest BCUT2D eigenvalue weighted by molar-refractivity contribution is 6.08. The van der Waals surface area contributed by atoms with E-state index in [1.165, 1.54) is 24.5 Å². The average molecular weight is 420 g/mol. The first-order valence-corrected chi connectivity index (χ1v) is 9.19. The molecule has 0 amide bonds. The number of benzene rings is 1. The van der Waals surface area contributed by atoms with Crippen LogP contribution < -0.4 is 15.8 Å². The maximum Gasteiger partial charge on any atom is 0.310 e. The quantitative estimate of drug-likeness (QED) is 0.787. The lowest BCUT2D eigenvalue weighted by Crippen LogP contribution is -2.51. The van der Waals surface area contributed by atoms with Gasteiger partial charge >= 0.3 is 5.92 Å². The number of hydrogen-bond donors (Lipinski definition) is 2. The van der Waals surface area contributed by atoms with Gasteiger partial charge in [0, 0.05) is 16.8 Å². The van der Waals surface area contributed by atoms with Gasteiger partial charge in [-0.15, -0.1) is 0 Å². The fourth-order valence-corrected chi connectivity index (χ4v) is 3.27. The maximum absolute atomic E-state index is 14.8. The lowest BCUT2D eigenvalue weighted by atomic mass is 9.84. The van der Waals surface area contributed by atoms with E-state index < -0.39 is 29.9 Å². The zero-order valence-electron chi connectivity index (χ0n) is 16.2. The van der Waals surface area contributed by atoms with E-state index in [2.05, 4.69) is 30.0 Å². The first-order valence-electron chi connectivity index (χ1n) is 9.19. The highest BCUT2D eigenvalue weighted by atomic mass is 19.3. The van der Waals surface area contributed by atoms with Gasteiger partial charge in [0.05, 0.1) is 25.5 Å². The van der Waals surface area contributed by atoms with Crippen molar-refractivity contribution in [1.29, 1.82) is 0 Å². The Bertz CT molecular complexity index is 1040. The predicted octanol–water partition coefficient (Wildman–Crippen LogP) is 2.58. The van der Waals surface area contributed by atoms with Crippen LogP contribution in [0.4, 0.5) is 18.9 Å². The molecule has 0 fully saturated rings. The molecule has 8 nitrogen and oxygen atoms in total. The molecule has 0 saturated heterocycles. The number of nitrogens with zero attached hydrogens (tertiary/aromatic N) is 4. The number of ether oxygens (including phenoxy) is 2. The Morgan fingerprint density at radius 1 is 1.27 bits per heavy atom. The summed E-state index contributed by atoms with van der Waals surface area (Å²) in [6.45, 7) is 2.57. The van der Waals surface area contributed by atoms with E-state index in [1.807, 2.05) is 6.92 Å². The van der Waals surface area contributed by atoms with Crippen molar-refractivity contribution in [1.82, 2.24) is 9.97 Å². The van der Waals surface area contributed by atoms with Gasteiger partial charge in [-0.05, 0) is 26.0 Å². The van der Waals surface area contributed by atoms with E-state index in [0.29, 0.717) is 35.3 Å². The summed E-state index contributed by atoms with van der Waals surface area (Å²) in [4.78, 5) is 16.5. The van der Waals surface area contributed by atoms with Crippen molar-refractivity contribution in [3.05, 3.63) is 47.2 Å². The molecule has 3 N–H and O–H groups in total. The molecule has 3 heterocycles. The molecule has 4 rings (SSSR count). The number of aliphatic imine (C=N–C) groups is 2. The number of fused-ring (bicyclic) bond motifs is 1. The van der Waals surface area contributed by atoms with Crippen LogP contribution in [0, 0.1) is 5.82 Å². The minimum atomic E-state index is -3.46. The number of alkyl halides is 2. The Labute approximate surface area is 170 Å². The molecule has 30 heavy (non-hydrogen) atoms. The van der Waals surface area contributed by atoms with Crippen LogP contribution in [-0.2, 0) is 16.8 Å². The monoisotopic (exact) mass is 420 g/mol. The highest BCUT2D eigenvalue weighted by Crippen LogP contribution is 2.45. The molecule has 11 heteroatoms. The molecule has 0 saturated carbocycles. The van der Waals surface area contributed by atoms with Crippen LogP contribution in [0.25, 0.3) is 0 Å². The van der Waals surface area contributed by atoms with E-state index in [0.717, 1.165) is 6.92 Å². The summed E-state index contributed by atoms with van der Waals surface area (Å²) >= 11 is 0. The molecule has 0 aliphatic carbocycles. The second-order valence-corrected chi connectivity index (χ2v) is 6.97. The first-order chi connectivity index (χ1) is 14.2. The fourth-order valence-electron chi connectivity index (χ4n) is 3.27. The van der Waals surface area contributed by atoms with Crippen molar-refractivity contribution < 1.29 is 22.6 Å². The van der Waals surface area contributed by atoms with Crippen LogP contribution in [0.1, 0.15) is 30.7 Å². The van der Waals surface area contributed by atoms with Gasteiger partial charge in [0.2, 0.25) is 5.88 Å². The molecule has 2 aliphatic heterocycles. The number of hydrogen-bond acceptors (Lipinski definition) is 8. The number of halogens is 3. The Hall–Kier alpha value is -3.37. The smallest absolute Gasteiger partial charge is 0.310 e. The Balaban J connectivity index is 1.69. The number of anilines is 1. The van der Waals surface area contributed by atoms with Crippen LogP contribution in [0.15, 0.2) is 34.5 Å². The minimum absolute atomic E-state index is 0.144.